The van der Waals surface area contributed by atoms with E-state index in [9.17, 15) is 31.1 Å². The number of hydrogen-bond donors (Lipinski definition) is 1. The van der Waals surface area contributed by atoms with Gasteiger partial charge in [0.1, 0.15) is 0 Å². The molecule has 0 aliphatic carbocycles. The lowest BCUT2D eigenvalue weighted by Crippen LogP contribution is -2.46. The molecule has 0 saturated carbocycles. The predicted octanol–water partition coefficient (Wildman–Crippen LogP) is 3.73. The van der Waals surface area contributed by atoms with Crippen LogP contribution in [0.3, 0.4) is 0 Å². The number of fused-ring (bicyclic) bond motifs is 1. The Morgan fingerprint density at radius 3 is 2.54 bits per heavy atom. The topological polar surface area (TPSA) is 52.2 Å². The molecular formula is C17H16F6N4O. The number of carbonyl (C=O) groups is 1. The Hall–Kier alpha value is -2.72. The van der Waals surface area contributed by atoms with Gasteiger partial charge in [-0.2, -0.15) is 26.3 Å². The van der Waals surface area contributed by atoms with Gasteiger partial charge in [0.2, 0.25) is 0 Å². The summed E-state index contributed by atoms with van der Waals surface area (Å²) in [5.41, 5.74) is -0.0149. The molecular weight excluding hydrogens is 390 g/mol. The molecule has 1 amide bonds. The van der Waals surface area contributed by atoms with Crippen molar-refractivity contribution in [2.45, 2.75) is 38.4 Å². The van der Waals surface area contributed by atoms with Crippen LogP contribution < -0.4 is 4.90 Å². The number of rotatable bonds is 2. The highest BCUT2D eigenvalue weighted by atomic mass is 19.4. The number of amides is 1. The summed E-state index contributed by atoms with van der Waals surface area (Å²) in [7, 11) is 0. The SMILES string of the molecule is C[C@@H]1CN(C(=O)C(F)(F)F)Cc2cc(C(F)(F)F)ccc2N1Cc1cnc[nH]1. The zero-order chi connectivity index (χ0) is 20.7. The molecule has 1 aromatic heterocycles. The van der Waals surface area contributed by atoms with Gasteiger partial charge < -0.3 is 14.8 Å². The van der Waals surface area contributed by atoms with Gasteiger partial charge in [-0.3, -0.25) is 4.79 Å². The van der Waals surface area contributed by atoms with E-state index >= 15 is 0 Å². The Morgan fingerprint density at radius 1 is 1.25 bits per heavy atom. The third kappa shape index (κ3) is 4.07. The van der Waals surface area contributed by atoms with E-state index in [2.05, 4.69) is 9.97 Å². The van der Waals surface area contributed by atoms with Crippen molar-refractivity contribution in [3.05, 3.63) is 47.5 Å². The molecule has 28 heavy (non-hydrogen) atoms. The van der Waals surface area contributed by atoms with E-state index in [1.54, 1.807) is 11.8 Å². The minimum absolute atomic E-state index is 0.00343. The number of H-pyrrole nitrogens is 1. The summed E-state index contributed by atoms with van der Waals surface area (Å²) in [5.74, 6) is -2.08. The van der Waals surface area contributed by atoms with E-state index in [1.165, 1.54) is 18.6 Å². The van der Waals surface area contributed by atoms with E-state index in [0.717, 1.165) is 12.1 Å². The minimum Gasteiger partial charge on any atom is -0.361 e. The van der Waals surface area contributed by atoms with Gasteiger partial charge in [0.25, 0.3) is 0 Å². The van der Waals surface area contributed by atoms with Crippen LogP contribution in [0.25, 0.3) is 0 Å². The van der Waals surface area contributed by atoms with Gasteiger partial charge in [-0.25, -0.2) is 4.98 Å². The fourth-order valence-corrected chi connectivity index (χ4v) is 3.22. The van der Waals surface area contributed by atoms with Crippen molar-refractivity contribution in [1.29, 1.82) is 0 Å². The number of carbonyl (C=O) groups excluding carboxylic acids is 1. The highest BCUT2D eigenvalue weighted by Gasteiger charge is 2.44. The zero-order valence-corrected chi connectivity index (χ0v) is 14.6. The molecule has 1 atom stereocenters. The van der Waals surface area contributed by atoms with Crippen molar-refractivity contribution in [3.8, 4) is 0 Å². The highest BCUT2D eigenvalue weighted by Crippen LogP contribution is 2.36. The van der Waals surface area contributed by atoms with Crippen LogP contribution in [0.1, 0.15) is 23.7 Å². The maximum Gasteiger partial charge on any atom is 0.471 e. The molecule has 1 aromatic carbocycles. The third-order valence-corrected chi connectivity index (χ3v) is 4.52. The Kier molecular flexibility index (Phi) is 5.02. The molecule has 0 spiro atoms. The molecule has 11 heteroatoms. The summed E-state index contributed by atoms with van der Waals surface area (Å²) < 4.78 is 78.1. The first kappa shape index (κ1) is 20.0. The molecule has 1 aliphatic rings. The lowest BCUT2D eigenvalue weighted by atomic mass is 10.1. The minimum atomic E-state index is -5.11. The quantitative estimate of drug-likeness (QED) is 0.774. The van der Waals surface area contributed by atoms with Gasteiger partial charge in [-0.05, 0) is 30.7 Å². The highest BCUT2D eigenvalue weighted by molar-refractivity contribution is 5.82. The van der Waals surface area contributed by atoms with Crippen molar-refractivity contribution in [1.82, 2.24) is 14.9 Å². The second-order valence-electron chi connectivity index (χ2n) is 6.58. The molecule has 2 heterocycles. The van der Waals surface area contributed by atoms with Gasteiger partial charge >= 0.3 is 18.3 Å². The third-order valence-electron chi connectivity index (χ3n) is 4.52. The van der Waals surface area contributed by atoms with Crippen LogP contribution >= 0.6 is 0 Å². The average Bonchev–Trinajstić information content (AvgIpc) is 3.05. The Morgan fingerprint density at radius 2 is 1.96 bits per heavy atom. The first-order valence-electron chi connectivity index (χ1n) is 8.27. The molecule has 0 fully saturated rings. The second-order valence-corrected chi connectivity index (χ2v) is 6.58. The fourth-order valence-electron chi connectivity index (χ4n) is 3.22. The summed E-state index contributed by atoms with van der Waals surface area (Å²) in [6, 6.07) is 2.33. The first-order chi connectivity index (χ1) is 13.0. The number of anilines is 1. The summed E-state index contributed by atoms with van der Waals surface area (Å²) in [5, 5.41) is 0. The smallest absolute Gasteiger partial charge is 0.361 e. The number of aromatic amines is 1. The number of benzene rings is 1. The number of nitrogens with one attached hydrogen (secondary N) is 1. The summed E-state index contributed by atoms with van der Waals surface area (Å²) in [6.07, 6.45) is -6.83. The van der Waals surface area contributed by atoms with E-state index in [0.29, 0.717) is 16.3 Å². The zero-order valence-electron chi connectivity index (χ0n) is 14.6. The number of nitrogens with zero attached hydrogens (tertiary/aromatic N) is 3. The first-order valence-corrected chi connectivity index (χ1v) is 8.27. The average molecular weight is 406 g/mol. The molecule has 0 bridgehead atoms. The van der Waals surface area contributed by atoms with Crippen LogP contribution in [0, 0.1) is 0 Å². The summed E-state index contributed by atoms with van der Waals surface area (Å²) >= 11 is 0. The molecule has 152 valence electrons. The summed E-state index contributed by atoms with van der Waals surface area (Å²) in [6.45, 7) is 0.942. The number of halogens is 6. The van der Waals surface area contributed by atoms with Gasteiger partial charge in [-0.1, -0.05) is 0 Å². The lowest BCUT2D eigenvalue weighted by molar-refractivity contribution is -0.186. The molecule has 0 saturated heterocycles. The van der Waals surface area contributed by atoms with Crippen LogP contribution in [0.15, 0.2) is 30.7 Å². The van der Waals surface area contributed by atoms with E-state index in [1.807, 2.05) is 0 Å². The molecule has 5 nitrogen and oxygen atoms in total. The maximum absolute atomic E-state index is 13.1. The number of aromatic nitrogens is 2. The second kappa shape index (κ2) is 7.02. The van der Waals surface area contributed by atoms with Crippen LogP contribution in [-0.4, -0.2) is 39.5 Å². The van der Waals surface area contributed by atoms with Crippen LogP contribution in [-0.2, 0) is 24.1 Å². The molecule has 1 N–H and O–H groups in total. The molecule has 0 unspecified atom stereocenters. The Balaban J connectivity index is 2.05. The van der Waals surface area contributed by atoms with Gasteiger partial charge in [0.05, 0.1) is 24.1 Å². The standard InChI is InChI=1S/C17H16F6N4O/c1-10-6-26(15(28)17(21,22)23)7-11-4-12(16(18,19)20)2-3-14(11)27(10)8-13-5-24-9-25-13/h2-5,9-10H,6-8H2,1H3,(H,24,25)/t10-/m1/s1. The lowest BCUT2D eigenvalue weighted by Gasteiger charge is -2.31. The monoisotopic (exact) mass is 406 g/mol. The van der Waals surface area contributed by atoms with Crippen molar-refractivity contribution >= 4 is 11.6 Å². The van der Waals surface area contributed by atoms with Gasteiger partial charge in [0.15, 0.2) is 0 Å². The summed E-state index contributed by atoms with van der Waals surface area (Å²) in [4.78, 5) is 20.7. The van der Waals surface area contributed by atoms with Crippen LogP contribution in [0.2, 0.25) is 0 Å². The van der Waals surface area contributed by atoms with Crippen molar-refractivity contribution in [2.24, 2.45) is 0 Å². The number of alkyl halides is 6. The molecule has 2 aromatic rings. The Labute approximate surface area is 156 Å². The Bertz CT molecular complexity index is 846. The largest absolute Gasteiger partial charge is 0.471 e. The molecule has 0 radical (unpaired) electrons. The fraction of sp³-hybridized carbons (Fsp3) is 0.412. The van der Waals surface area contributed by atoms with Crippen molar-refractivity contribution in [3.63, 3.8) is 0 Å². The maximum atomic E-state index is 13.1. The van der Waals surface area contributed by atoms with E-state index in [4.69, 9.17) is 0 Å². The van der Waals surface area contributed by atoms with Crippen LogP contribution in [0.5, 0.6) is 0 Å². The normalized spacial score (nSPS) is 18.0. The van der Waals surface area contributed by atoms with Gasteiger partial charge in [0, 0.05) is 31.0 Å². The number of hydrogen-bond acceptors (Lipinski definition) is 3. The molecule has 3 rings (SSSR count). The van der Waals surface area contributed by atoms with Crippen molar-refractivity contribution < 1.29 is 31.1 Å². The van der Waals surface area contributed by atoms with E-state index in [-0.39, 0.29) is 18.7 Å². The predicted molar refractivity (Wildman–Crippen MR) is 87.1 cm³/mol. The number of imidazole rings is 1. The van der Waals surface area contributed by atoms with Crippen molar-refractivity contribution in [2.75, 3.05) is 11.4 Å². The van der Waals surface area contributed by atoms with E-state index < -0.39 is 36.4 Å². The van der Waals surface area contributed by atoms with Crippen LogP contribution in [0.4, 0.5) is 32.0 Å². The molecule has 1 aliphatic heterocycles. The van der Waals surface area contributed by atoms with Gasteiger partial charge in [-0.15, -0.1) is 0 Å².